The van der Waals surface area contributed by atoms with Crippen molar-refractivity contribution in [1.82, 2.24) is 4.90 Å². The number of rotatable bonds is 2. The minimum absolute atomic E-state index is 0.0713. The van der Waals surface area contributed by atoms with Crippen molar-refractivity contribution >= 4 is 11.6 Å². The maximum Gasteiger partial charge on any atom is 0.228 e. The summed E-state index contributed by atoms with van der Waals surface area (Å²) >= 11 is 0. The Hall–Kier alpha value is -1.75. The minimum Gasteiger partial charge on any atom is -0.486 e. The number of nitrogens with zero attached hydrogens (tertiary/aromatic N) is 1. The third-order valence-corrected chi connectivity index (χ3v) is 3.80. The van der Waals surface area contributed by atoms with E-state index in [9.17, 15) is 4.79 Å². The van der Waals surface area contributed by atoms with Crippen LogP contribution in [-0.2, 0) is 4.79 Å². The van der Waals surface area contributed by atoms with Crippen molar-refractivity contribution in [2.45, 2.75) is 12.8 Å². The Bertz CT molecular complexity index is 504. The SMILES string of the molecule is CN1CCC[C@H](C(=O)Nc2ccc3c(c2)OCCO3)C1. The quantitative estimate of drug-likeness (QED) is 0.894. The summed E-state index contributed by atoms with van der Waals surface area (Å²) in [6.07, 6.45) is 2.04. The number of amides is 1. The third-order valence-electron chi connectivity index (χ3n) is 3.80. The molecule has 5 heteroatoms. The number of hydrogen-bond acceptors (Lipinski definition) is 4. The second kappa shape index (κ2) is 5.71. The highest BCUT2D eigenvalue weighted by atomic mass is 16.6. The molecule has 2 aliphatic rings. The number of carbonyl (C=O) groups excluding carboxylic acids is 1. The van der Waals surface area contributed by atoms with Crippen molar-refractivity contribution in [3.63, 3.8) is 0 Å². The van der Waals surface area contributed by atoms with Crippen LogP contribution < -0.4 is 14.8 Å². The van der Waals surface area contributed by atoms with E-state index in [1.165, 1.54) is 0 Å². The average Bonchev–Trinajstić information content (AvgIpc) is 2.47. The fraction of sp³-hybridized carbons (Fsp3) is 0.533. The molecule has 2 heterocycles. The Morgan fingerprint density at radius 3 is 2.90 bits per heavy atom. The fourth-order valence-electron chi connectivity index (χ4n) is 2.75. The molecule has 1 fully saturated rings. The van der Waals surface area contributed by atoms with E-state index in [2.05, 4.69) is 17.3 Å². The van der Waals surface area contributed by atoms with Gasteiger partial charge in [-0.3, -0.25) is 4.79 Å². The van der Waals surface area contributed by atoms with Gasteiger partial charge in [0, 0.05) is 18.3 Å². The zero-order valence-corrected chi connectivity index (χ0v) is 11.7. The van der Waals surface area contributed by atoms with Crippen LogP contribution in [0.1, 0.15) is 12.8 Å². The fourth-order valence-corrected chi connectivity index (χ4v) is 2.75. The zero-order valence-electron chi connectivity index (χ0n) is 11.7. The van der Waals surface area contributed by atoms with E-state index in [0.29, 0.717) is 19.0 Å². The van der Waals surface area contributed by atoms with Crippen molar-refractivity contribution in [1.29, 1.82) is 0 Å². The van der Waals surface area contributed by atoms with Crippen LogP contribution in [0, 0.1) is 5.92 Å². The standard InChI is InChI=1S/C15H20N2O3/c1-17-6-2-3-11(10-17)15(18)16-12-4-5-13-14(9-12)20-8-7-19-13/h4-5,9,11H,2-3,6-8,10H2,1H3,(H,16,18)/t11-/m0/s1. The Morgan fingerprint density at radius 2 is 2.10 bits per heavy atom. The van der Waals surface area contributed by atoms with Gasteiger partial charge < -0.3 is 19.7 Å². The summed E-state index contributed by atoms with van der Waals surface area (Å²) in [4.78, 5) is 14.5. The number of fused-ring (bicyclic) bond motifs is 1. The van der Waals surface area contributed by atoms with Crippen LogP contribution in [0.15, 0.2) is 18.2 Å². The highest BCUT2D eigenvalue weighted by Crippen LogP contribution is 2.32. The Morgan fingerprint density at radius 1 is 1.30 bits per heavy atom. The maximum atomic E-state index is 12.3. The lowest BCUT2D eigenvalue weighted by atomic mass is 9.97. The number of nitrogens with one attached hydrogen (secondary N) is 1. The molecule has 0 bridgehead atoms. The third kappa shape index (κ3) is 2.88. The minimum atomic E-state index is 0.0713. The molecule has 108 valence electrons. The molecular formula is C15H20N2O3. The summed E-state index contributed by atoms with van der Waals surface area (Å²) < 4.78 is 11.0. The topological polar surface area (TPSA) is 50.8 Å². The lowest BCUT2D eigenvalue weighted by Crippen LogP contribution is -2.38. The summed E-state index contributed by atoms with van der Waals surface area (Å²) in [5.74, 6) is 1.61. The molecule has 1 amide bonds. The van der Waals surface area contributed by atoms with Crippen molar-refractivity contribution in [2.75, 3.05) is 38.7 Å². The highest BCUT2D eigenvalue weighted by molar-refractivity contribution is 5.93. The maximum absolute atomic E-state index is 12.3. The van der Waals surface area contributed by atoms with Gasteiger partial charge in [0.25, 0.3) is 0 Å². The van der Waals surface area contributed by atoms with Gasteiger partial charge in [-0.25, -0.2) is 0 Å². The Balaban J connectivity index is 1.66. The van der Waals surface area contributed by atoms with Crippen LogP contribution >= 0.6 is 0 Å². The summed E-state index contributed by atoms with van der Waals surface area (Å²) in [5.41, 5.74) is 0.771. The first-order valence-corrected chi connectivity index (χ1v) is 7.11. The van der Waals surface area contributed by atoms with E-state index in [4.69, 9.17) is 9.47 Å². The molecule has 2 aliphatic heterocycles. The molecule has 3 rings (SSSR count). The molecule has 0 spiro atoms. The number of piperidine rings is 1. The van der Waals surface area contributed by atoms with Gasteiger partial charge in [-0.1, -0.05) is 0 Å². The summed E-state index contributed by atoms with van der Waals surface area (Å²) in [5, 5.41) is 2.98. The predicted molar refractivity (Wildman–Crippen MR) is 76.3 cm³/mol. The summed E-state index contributed by atoms with van der Waals surface area (Å²) in [6, 6.07) is 5.54. The van der Waals surface area contributed by atoms with Crippen LogP contribution in [0.2, 0.25) is 0 Å². The Kier molecular flexibility index (Phi) is 3.78. The van der Waals surface area contributed by atoms with E-state index in [1.807, 2.05) is 18.2 Å². The first kappa shape index (κ1) is 13.2. The van der Waals surface area contributed by atoms with Crippen molar-refractivity contribution in [3.05, 3.63) is 18.2 Å². The number of benzene rings is 1. The monoisotopic (exact) mass is 276 g/mol. The van der Waals surface area contributed by atoms with Gasteiger partial charge in [-0.15, -0.1) is 0 Å². The molecule has 1 N–H and O–H groups in total. The first-order valence-electron chi connectivity index (χ1n) is 7.11. The summed E-state index contributed by atoms with van der Waals surface area (Å²) in [6.45, 7) is 3.04. The molecule has 0 aliphatic carbocycles. The smallest absolute Gasteiger partial charge is 0.228 e. The van der Waals surface area contributed by atoms with E-state index in [-0.39, 0.29) is 11.8 Å². The van der Waals surface area contributed by atoms with Crippen LogP contribution in [0.4, 0.5) is 5.69 Å². The highest BCUT2D eigenvalue weighted by Gasteiger charge is 2.24. The van der Waals surface area contributed by atoms with Gasteiger partial charge in [0.2, 0.25) is 5.91 Å². The molecule has 1 atom stereocenters. The molecule has 5 nitrogen and oxygen atoms in total. The van der Waals surface area contributed by atoms with Crippen molar-refractivity contribution in [2.24, 2.45) is 5.92 Å². The lowest BCUT2D eigenvalue weighted by molar-refractivity contribution is -0.121. The molecule has 0 saturated carbocycles. The second-order valence-electron chi connectivity index (χ2n) is 5.45. The van der Waals surface area contributed by atoms with E-state index in [1.54, 1.807) is 0 Å². The molecule has 1 aromatic carbocycles. The summed E-state index contributed by atoms with van der Waals surface area (Å²) in [7, 11) is 2.06. The number of anilines is 1. The van der Waals surface area contributed by atoms with Gasteiger partial charge in [0.1, 0.15) is 13.2 Å². The molecule has 1 saturated heterocycles. The van der Waals surface area contributed by atoms with Crippen LogP contribution in [0.3, 0.4) is 0 Å². The van der Waals surface area contributed by atoms with Gasteiger partial charge >= 0.3 is 0 Å². The van der Waals surface area contributed by atoms with Gasteiger partial charge in [-0.2, -0.15) is 0 Å². The zero-order chi connectivity index (χ0) is 13.9. The van der Waals surface area contributed by atoms with Gasteiger partial charge in [0.15, 0.2) is 11.5 Å². The van der Waals surface area contributed by atoms with Gasteiger partial charge in [-0.05, 0) is 38.6 Å². The lowest BCUT2D eigenvalue weighted by Gasteiger charge is -2.28. The normalized spacial score (nSPS) is 22.4. The molecule has 0 unspecified atom stereocenters. The van der Waals surface area contributed by atoms with Crippen LogP contribution in [0.5, 0.6) is 11.5 Å². The van der Waals surface area contributed by atoms with Crippen molar-refractivity contribution in [3.8, 4) is 11.5 Å². The van der Waals surface area contributed by atoms with Crippen molar-refractivity contribution < 1.29 is 14.3 Å². The largest absolute Gasteiger partial charge is 0.486 e. The molecule has 0 aromatic heterocycles. The number of ether oxygens (including phenoxy) is 2. The van der Waals surface area contributed by atoms with E-state index < -0.39 is 0 Å². The Labute approximate surface area is 118 Å². The van der Waals surface area contributed by atoms with E-state index >= 15 is 0 Å². The predicted octanol–water partition coefficient (Wildman–Crippen LogP) is 1.74. The second-order valence-corrected chi connectivity index (χ2v) is 5.45. The molecule has 1 aromatic rings. The molecule has 20 heavy (non-hydrogen) atoms. The number of hydrogen-bond donors (Lipinski definition) is 1. The van der Waals surface area contributed by atoms with Gasteiger partial charge in [0.05, 0.1) is 5.92 Å². The molecular weight excluding hydrogens is 256 g/mol. The number of carbonyl (C=O) groups is 1. The van der Waals surface area contributed by atoms with Crippen LogP contribution in [-0.4, -0.2) is 44.2 Å². The van der Waals surface area contributed by atoms with E-state index in [0.717, 1.165) is 37.4 Å². The first-order chi connectivity index (χ1) is 9.72. The van der Waals surface area contributed by atoms with Crippen LogP contribution in [0.25, 0.3) is 0 Å². The number of likely N-dealkylation sites (tertiary alicyclic amines) is 1. The average molecular weight is 276 g/mol. The molecule has 0 radical (unpaired) electrons.